The van der Waals surface area contributed by atoms with Gasteiger partial charge in [-0.25, -0.2) is 0 Å². The van der Waals surface area contributed by atoms with Gasteiger partial charge in [-0.2, -0.15) is 0 Å². The Morgan fingerprint density at radius 1 is 0.733 bits per heavy atom. The first kappa shape index (κ1) is 22.1. The van der Waals surface area contributed by atoms with Crippen molar-refractivity contribution in [1.29, 1.82) is 0 Å². The highest BCUT2D eigenvalue weighted by atomic mass is 35.5. The second kappa shape index (κ2) is 9.91. The topological polar surface area (TPSA) is 70.2 Å². The molecule has 0 atom stereocenters. The molecule has 0 spiro atoms. The molecular weight excluding hydrogens is 465 g/mol. The molecule has 0 aliphatic heterocycles. The predicted molar refractivity (Wildman–Crippen MR) is 126 cm³/mol. The fraction of sp³-hybridized carbons (Fsp3) is 0. The van der Waals surface area contributed by atoms with E-state index in [9.17, 15) is 9.59 Å². The molecule has 0 aliphatic rings. The number of rotatable bonds is 4. The van der Waals surface area contributed by atoms with Crippen molar-refractivity contribution in [2.24, 2.45) is 0 Å². The van der Waals surface area contributed by atoms with Crippen molar-refractivity contribution in [2.75, 3.05) is 10.6 Å². The lowest BCUT2D eigenvalue weighted by atomic mass is 10.2. The zero-order chi connectivity index (χ0) is 21.7. The van der Waals surface area contributed by atoms with E-state index in [0.29, 0.717) is 27.0 Å². The molecule has 0 saturated carbocycles. The van der Waals surface area contributed by atoms with Crippen molar-refractivity contribution < 1.29 is 9.59 Å². The van der Waals surface area contributed by atoms with Crippen LogP contribution in [-0.2, 0) is 0 Å². The summed E-state index contributed by atoms with van der Waals surface area (Å²) in [5, 5.41) is 9.43. The molecular formula is C21H14Cl3N3O2S. The lowest BCUT2D eigenvalue weighted by Crippen LogP contribution is -2.34. The maximum absolute atomic E-state index is 12.3. The standard InChI is InChI=1S/C21H14Cl3N3O2S/c22-13-3-1-2-12(10-13)19(28)25-15-5-7-16(8-6-15)26-21(30)27-20(29)17-11-14(23)4-9-18(17)24/h1-11H,(H,25,28)(H2,26,27,29,30). The highest BCUT2D eigenvalue weighted by Crippen LogP contribution is 2.21. The van der Waals surface area contributed by atoms with Crippen LogP contribution in [0.15, 0.2) is 66.7 Å². The summed E-state index contributed by atoms with van der Waals surface area (Å²) >= 11 is 23.0. The summed E-state index contributed by atoms with van der Waals surface area (Å²) in [6, 6.07) is 18.0. The van der Waals surface area contributed by atoms with Crippen molar-refractivity contribution in [1.82, 2.24) is 5.32 Å². The maximum Gasteiger partial charge on any atom is 0.258 e. The van der Waals surface area contributed by atoms with Crippen LogP contribution in [0.5, 0.6) is 0 Å². The van der Waals surface area contributed by atoms with Crippen molar-refractivity contribution in [3.05, 3.63) is 92.9 Å². The number of halogens is 3. The maximum atomic E-state index is 12.3. The van der Waals surface area contributed by atoms with Crippen LogP contribution in [-0.4, -0.2) is 16.9 Å². The number of hydrogen-bond acceptors (Lipinski definition) is 3. The van der Waals surface area contributed by atoms with Crippen LogP contribution in [0.1, 0.15) is 20.7 Å². The molecule has 5 nitrogen and oxygen atoms in total. The Bertz CT molecular complexity index is 1120. The fourth-order valence-electron chi connectivity index (χ4n) is 2.47. The van der Waals surface area contributed by atoms with Gasteiger partial charge in [-0.1, -0.05) is 40.9 Å². The van der Waals surface area contributed by atoms with E-state index < -0.39 is 5.91 Å². The van der Waals surface area contributed by atoms with Gasteiger partial charge >= 0.3 is 0 Å². The van der Waals surface area contributed by atoms with Crippen LogP contribution in [0.4, 0.5) is 11.4 Å². The molecule has 30 heavy (non-hydrogen) atoms. The average molecular weight is 479 g/mol. The Hall–Kier alpha value is -2.64. The van der Waals surface area contributed by atoms with E-state index in [1.165, 1.54) is 12.1 Å². The second-order valence-electron chi connectivity index (χ2n) is 6.07. The van der Waals surface area contributed by atoms with Gasteiger partial charge in [0.05, 0.1) is 10.6 Å². The van der Waals surface area contributed by atoms with Gasteiger partial charge in [-0.3, -0.25) is 14.9 Å². The lowest BCUT2D eigenvalue weighted by Gasteiger charge is -2.11. The molecule has 9 heteroatoms. The van der Waals surface area contributed by atoms with Crippen LogP contribution in [0.2, 0.25) is 15.1 Å². The Morgan fingerprint density at radius 2 is 1.37 bits per heavy atom. The van der Waals surface area contributed by atoms with Crippen LogP contribution in [0.25, 0.3) is 0 Å². The minimum atomic E-state index is -0.481. The number of hydrogen-bond donors (Lipinski definition) is 3. The summed E-state index contributed by atoms with van der Waals surface area (Å²) in [6.07, 6.45) is 0. The van der Waals surface area contributed by atoms with Crippen molar-refractivity contribution in [3.8, 4) is 0 Å². The molecule has 152 valence electrons. The highest BCUT2D eigenvalue weighted by molar-refractivity contribution is 7.80. The number of thiocarbonyl (C=S) groups is 1. The van der Waals surface area contributed by atoms with Gasteiger partial charge in [0.15, 0.2) is 5.11 Å². The minimum Gasteiger partial charge on any atom is -0.332 e. The molecule has 0 aromatic heterocycles. The molecule has 0 fully saturated rings. The van der Waals surface area contributed by atoms with E-state index in [1.807, 2.05) is 0 Å². The third-order valence-electron chi connectivity index (χ3n) is 3.89. The number of anilines is 2. The van der Waals surface area contributed by atoms with Gasteiger partial charge in [-0.05, 0) is 72.9 Å². The molecule has 0 bridgehead atoms. The third kappa shape index (κ3) is 5.93. The van der Waals surface area contributed by atoms with Crippen LogP contribution >= 0.6 is 47.0 Å². The zero-order valence-corrected chi connectivity index (χ0v) is 18.3. The van der Waals surface area contributed by atoms with E-state index in [-0.39, 0.29) is 21.6 Å². The molecule has 0 radical (unpaired) electrons. The zero-order valence-electron chi connectivity index (χ0n) is 15.2. The molecule has 0 unspecified atom stereocenters. The van der Waals surface area contributed by atoms with Crippen molar-refractivity contribution in [2.45, 2.75) is 0 Å². The van der Waals surface area contributed by atoms with Crippen LogP contribution < -0.4 is 16.0 Å². The number of carbonyl (C=O) groups is 2. The summed E-state index contributed by atoms with van der Waals surface area (Å²) in [5.41, 5.74) is 1.88. The summed E-state index contributed by atoms with van der Waals surface area (Å²) in [4.78, 5) is 24.6. The van der Waals surface area contributed by atoms with E-state index in [4.69, 9.17) is 47.0 Å². The molecule has 3 rings (SSSR count). The smallest absolute Gasteiger partial charge is 0.258 e. The van der Waals surface area contributed by atoms with Gasteiger partial charge in [0.25, 0.3) is 11.8 Å². The number of nitrogens with one attached hydrogen (secondary N) is 3. The summed E-state index contributed by atoms with van der Waals surface area (Å²) in [6.45, 7) is 0. The van der Waals surface area contributed by atoms with Crippen molar-refractivity contribution >= 4 is 75.3 Å². The number of benzene rings is 3. The molecule has 0 saturated heterocycles. The van der Waals surface area contributed by atoms with Gasteiger partial charge in [0.1, 0.15) is 0 Å². The van der Waals surface area contributed by atoms with E-state index in [2.05, 4.69) is 16.0 Å². The second-order valence-corrected chi connectivity index (χ2v) is 7.76. The fourth-order valence-corrected chi connectivity index (χ4v) is 3.25. The van der Waals surface area contributed by atoms with Gasteiger partial charge in [-0.15, -0.1) is 0 Å². The monoisotopic (exact) mass is 477 g/mol. The van der Waals surface area contributed by atoms with Gasteiger partial charge in [0.2, 0.25) is 0 Å². The third-order valence-corrected chi connectivity index (χ3v) is 4.89. The Labute approximate surface area is 193 Å². The first-order chi connectivity index (χ1) is 14.3. The first-order valence-corrected chi connectivity index (χ1v) is 10.1. The van der Waals surface area contributed by atoms with Crippen molar-refractivity contribution in [3.63, 3.8) is 0 Å². The molecule has 2 amide bonds. The summed E-state index contributed by atoms with van der Waals surface area (Å²) in [5.74, 6) is -0.759. The summed E-state index contributed by atoms with van der Waals surface area (Å²) < 4.78 is 0. The number of carbonyl (C=O) groups excluding carboxylic acids is 2. The van der Waals surface area contributed by atoms with E-state index in [0.717, 1.165) is 0 Å². The Morgan fingerprint density at radius 3 is 2.03 bits per heavy atom. The molecule has 0 aliphatic carbocycles. The molecule has 3 N–H and O–H groups in total. The predicted octanol–water partition coefficient (Wildman–Crippen LogP) is 6.03. The largest absolute Gasteiger partial charge is 0.332 e. The van der Waals surface area contributed by atoms with Crippen LogP contribution in [0, 0.1) is 0 Å². The normalized spacial score (nSPS) is 10.2. The highest BCUT2D eigenvalue weighted by Gasteiger charge is 2.13. The Balaban J connectivity index is 1.58. The van der Waals surface area contributed by atoms with Gasteiger partial charge < -0.3 is 10.6 Å². The van der Waals surface area contributed by atoms with E-state index in [1.54, 1.807) is 54.6 Å². The van der Waals surface area contributed by atoms with Gasteiger partial charge in [0, 0.05) is 27.0 Å². The number of amides is 2. The molecule has 0 heterocycles. The Kier molecular flexibility index (Phi) is 7.29. The average Bonchev–Trinajstić information content (AvgIpc) is 2.71. The molecule has 3 aromatic rings. The molecule has 3 aromatic carbocycles. The lowest BCUT2D eigenvalue weighted by molar-refractivity contribution is 0.0976. The van der Waals surface area contributed by atoms with Crippen LogP contribution in [0.3, 0.4) is 0 Å². The minimum absolute atomic E-state index is 0.0896. The SMILES string of the molecule is O=C(Nc1ccc(NC(=S)NC(=O)c2cc(Cl)ccc2Cl)cc1)c1cccc(Cl)c1. The first-order valence-electron chi connectivity index (χ1n) is 8.56. The van der Waals surface area contributed by atoms with E-state index >= 15 is 0 Å². The quantitative estimate of drug-likeness (QED) is 0.401. The summed E-state index contributed by atoms with van der Waals surface area (Å²) in [7, 11) is 0.